The molecule has 1 heterocycles. The Hall–Kier alpha value is -2.25. The third kappa shape index (κ3) is 3.26. The van der Waals surface area contributed by atoms with Gasteiger partial charge in [0.25, 0.3) is 0 Å². The summed E-state index contributed by atoms with van der Waals surface area (Å²) in [4.78, 5) is 6.03. The van der Waals surface area contributed by atoms with Crippen LogP contribution in [0.1, 0.15) is 0 Å². The van der Waals surface area contributed by atoms with Crippen LogP contribution in [0, 0.1) is 0 Å². The second kappa shape index (κ2) is 6.47. The molecule has 6 nitrogen and oxygen atoms in total. The molecule has 0 saturated heterocycles. The molecule has 0 fully saturated rings. The predicted molar refractivity (Wildman–Crippen MR) is 81.7 cm³/mol. The van der Waals surface area contributed by atoms with Gasteiger partial charge in [-0.15, -0.1) is 0 Å². The molecule has 0 amide bonds. The molecule has 0 saturated carbocycles. The molecular formula is C14H17BN2O4. The Labute approximate surface area is 123 Å². The molecule has 0 bridgehead atoms. The lowest BCUT2D eigenvalue weighted by molar-refractivity contribution is 0.395. The fraction of sp³-hybridized carbons (Fsp3) is 0.214. The van der Waals surface area contributed by atoms with E-state index in [0.29, 0.717) is 22.8 Å². The highest BCUT2D eigenvalue weighted by Crippen LogP contribution is 2.34. The Kier molecular flexibility index (Phi) is 4.67. The molecule has 0 unspecified atom stereocenters. The van der Waals surface area contributed by atoms with Crippen molar-refractivity contribution in [2.24, 2.45) is 0 Å². The number of benzene rings is 1. The minimum atomic E-state index is -1.53. The van der Waals surface area contributed by atoms with Crippen LogP contribution >= 0.6 is 0 Å². The SMILES string of the molecule is COc1ccc(N(C)c2cc(B(O)O)ccn2)c(OC)c1. The zero-order valence-electron chi connectivity index (χ0n) is 12.1. The molecule has 2 rings (SSSR count). The highest BCUT2D eigenvalue weighted by Gasteiger charge is 2.16. The minimum Gasteiger partial charge on any atom is -0.497 e. The summed E-state index contributed by atoms with van der Waals surface area (Å²) in [6, 6.07) is 8.60. The number of pyridine rings is 1. The number of methoxy groups -OCH3 is 2. The average Bonchev–Trinajstić information content (AvgIpc) is 2.53. The van der Waals surface area contributed by atoms with Gasteiger partial charge in [0.1, 0.15) is 17.3 Å². The normalized spacial score (nSPS) is 10.1. The van der Waals surface area contributed by atoms with Crippen LogP contribution in [0.3, 0.4) is 0 Å². The molecule has 0 atom stereocenters. The number of hydrogen-bond donors (Lipinski definition) is 2. The van der Waals surface area contributed by atoms with Gasteiger partial charge in [-0.3, -0.25) is 0 Å². The van der Waals surface area contributed by atoms with Crippen molar-refractivity contribution in [3.05, 3.63) is 36.5 Å². The van der Waals surface area contributed by atoms with Gasteiger partial charge in [-0.1, -0.05) is 0 Å². The van der Waals surface area contributed by atoms with Crippen molar-refractivity contribution in [3.63, 3.8) is 0 Å². The van der Waals surface area contributed by atoms with Crippen LogP contribution < -0.4 is 19.8 Å². The van der Waals surface area contributed by atoms with Gasteiger partial charge < -0.3 is 24.4 Å². The lowest BCUT2D eigenvalue weighted by atomic mass is 9.81. The van der Waals surface area contributed by atoms with Gasteiger partial charge in [0.05, 0.1) is 19.9 Å². The highest BCUT2D eigenvalue weighted by atomic mass is 16.5. The predicted octanol–water partition coefficient (Wildman–Crippen LogP) is 0.546. The van der Waals surface area contributed by atoms with Gasteiger partial charge >= 0.3 is 7.12 Å². The molecule has 2 aromatic rings. The van der Waals surface area contributed by atoms with E-state index in [9.17, 15) is 10.0 Å². The van der Waals surface area contributed by atoms with Crippen molar-refractivity contribution in [3.8, 4) is 11.5 Å². The second-order valence-corrected chi connectivity index (χ2v) is 4.42. The van der Waals surface area contributed by atoms with Crippen molar-refractivity contribution in [2.45, 2.75) is 0 Å². The molecule has 21 heavy (non-hydrogen) atoms. The summed E-state index contributed by atoms with van der Waals surface area (Å²) in [6.45, 7) is 0. The van der Waals surface area contributed by atoms with Crippen LogP contribution in [0.2, 0.25) is 0 Å². The Morgan fingerprint density at radius 2 is 1.86 bits per heavy atom. The molecule has 1 aromatic heterocycles. The summed E-state index contributed by atoms with van der Waals surface area (Å²) >= 11 is 0. The number of ether oxygens (including phenoxy) is 2. The van der Waals surface area contributed by atoms with Crippen LogP contribution in [-0.4, -0.2) is 43.4 Å². The third-order valence-electron chi connectivity index (χ3n) is 3.16. The van der Waals surface area contributed by atoms with Crippen LogP contribution in [0.15, 0.2) is 36.5 Å². The van der Waals surface area contributed by atoms with E-state index in [1.165, 1.54) is 6.20 Å². The Bertz CT molecular complexity index is 622. The molecule has 0 radical (unpaired) electrons. The van der Waals surface area contributed by atoms with Gasteiger partial charge in [-0.2, -0.15) is 0 Å². The van der Waals surface area contributed by atoms with E-state index in [-0.39, 0.29) is 0 Å². The lowest BCUT2D eigenvalue weighted by Crippen LogP contribution is -2.30. The molecule has 0 aliphatic heterocycles. The maximum Gasteiger partial charge on any atom is 0.488 e. The van der Waals surface area contributed by atoms with E-state index < -0.39 is 7.12 Å². The summed E-state index contributed by atoms with van der Waals surface area (Å²) in [7, 11) is 3.46. The summed E-state index contributed by atoms with van der Waals surface area (Å²) in [6.07, 6.45) is 1.52. The number of hydrogen-bond acceptors (Lipinski definition) is 6. The first-order valence-electron chi connectivity index (χ1n) is 6.34. The lowest BCUT2D eigenvalue weighted by Gasteiger charge is -2.21. The third-order valence-corrected chi connectivity index (χ3v) is 3.16. The zero-order valence-corrected chi connectivity index (χ0v) is 12.1. The van der Waals surface area contributed by atoms with Crippen LogP contribution in [-0.2, 0) is 0 Å². The minimum absolute atomic E-state index is 0.374. The maximum absolute atomic E-state index is 9.24. The van der Waals surface area contributed by atoms with Crippen molar-refractivity contribution in [1.82, 2.24) is 4.98 Å². The van der Waals surface area contributed by atoms with E-state index >= 15 is 0 Å². The first-order chi connectivity index (χ1) is 10.1. The van der Waals surface area contributed by atoms with Crippen LogP contribution in [0.25, 0.3) is 0 Å². The van der Waals surface area contributed by atoms with E-state index in [1.54, 1.807) is 37.3 Å². The summed E-state index contributed by atoms with van der Waals surface area (Å²) in [5.74, 6) is 1.90. The number of rotatable bonds is 5. The second-order valence-electron chi connectivity index (χ2n) is 4.42. The van der Waals surface area contributed by atoms with Gasteiger partial charge in [-0.25, -0.2) is 4.98 Å². The van der Waals surface area contributed by atoms with Crippen molar-refractivity contribution in [2.75, 3.05) is 26.2 Å². The fourth-order valence-electron chi connectivity index (χ4n) is 1.96. The zero-order chi connectivity index (χ0) is 15.4. The standard InChI is InChI=1S/C14H17BN2O4/c1-17(14-8-10(15(18)19)6-7-16-14)12-5-4-11(20-2)9-13(12)21-3/h4-9,18-19H,1-3H3. The van der Waals surface area contributed by atoms with Crippen LogP contribution in [0.5, 0.6) is 11.5 Å². The van der Waals surface area contributed by atoms with Gasteiger partial charge in [0.2, 0.25) is 0 Å². The fourth-order valence-corrected chi connectivity index (χ4v) is 1.96. The summed E-state index contributed by atoms with van der Waals surface area (Å²) in [5.41, 5.74) is 1.16. The first kappa shape index (κ1) is 15.1. The van der Waals surface area contributed by atoms with Crippen molar-refractivity contribution in [1.29, 1.82) is 0 Å². The molecule has 7 heteroatoms. The number of aromatic nitrogens is 1. The van der Waals surface area contributed by atoms with E-state index in [4.69, 9.17) is 9.47 Å². The first-order valence-corrected chi connectivity index (χ1v) is 6.34. The maximum atomic E-state index is 9.24. The number of nitrogens with zero attached hydrogens (tertiary/aromatic N) is 2. The molecular weight excluding hydrogens is 271 g/mol. The highest BCUT2D eigenvalue weighted by molar-refractivity contribution is 6.58. The quantitative estimate of drug-likeness (QED) is 0.782. The largest absolute Gasteiger partial charge is 0.497 e. The molecule has 0 aliphatic rings. The van der Waals surface area contributed by atoms with E-state index in [2.05, 4.69) is 4.98 Å². The van der Waals surface area contributed by atoms with Gasteiger partial charge in [-0.05, 0) is 29.7 Å². The van der Waals surface area contributed by atoms with Crippen molar-refractivity contribution >= 4 is 24.1 Å². The van der Waals surface area contributed by atoms with E-state index in [1.807, 2.05) is 19.2 Å². The Morgan fingerprint density at radius 3 is 2.48 bits per heavy atom. The van der Waals surface area contributed by atoms with E-state index in [0.717, 1.165) is 5.69 Å². The molecule has 110 valence electrons. The molecule has 0 aliphatic carbocycles. The Balaban J connectivity index is 2.39. The average molecular weight is 288 g/mol. The summed E-state index contributed by atoms with van der Waals surface area (Å²) < 4.78 is 10.5. The number of anilines is 2. The molecule has 0 spiro atoms. The monoisotopic (exact) mass is 288 g/mol. The molecule has 2 N–H and O–H groups in total. The molecule has 1 aromatic carbocycles. The van der Waals surface area contributed by atoms with Crippen molar-refractivity contribution < 1.29 is 19.5 Å². The van der Waals surface area contributed by atoms with Crippen LogP contribution in [0.4, 0.5) is 11.5 Å². The smallest absolute Gasteiger partial charge is 0.488 e. The Morgan fingerprint density at radius 1 is 1.10 bits per heavy atom. The topological polar surface area (TPSA) is 75.1 Å². The van der Waals surface area contributed by atoms with Gasteiger partial charge in [0, 0.05) is 19.3 Å². The van der Waals surface area contributed by atoms with Gasteiger partial charge in [0.15, 0.2) is 0 Å². The summed E-state index contributed by atoms with van der Waals surface area (Å²) in [5, 5.41) is 18.5.